The van der Waals surface area contributed by atoms with Crippen LogP contribution in [0.1, 0.15) is 27.3 Å². The number of amides is 1. The van der Waals surface area contributed by atoms with Crippen LogP contribution in [0.15, 0.2) is 70.6 Å². The van der Waals surface area contributed by atoms with Crippen LogP contribution in [-0.2, 0) is 0 Å². The van der Waals surface area contributed by atoms with Gasteiger partial charge < -0.3 is 5.32 Å². The molecule has 0 fully saturated rings. The van der Waals surface area contributed by atoms with Gasteiger partial charge in [-0.15, -0.1) is 0 Å². The van der Waals surface area contributed by atoms with Gasteiger partial charge in [0.05, 0.1) is 22.5 Å². The molecular formula is C23H20N4OS. The summed E-state index contributed by atoms with van der Waals surface area (Å²) in [6.45, 7) is 2.05. The van der Waals surface area contributed by atoms with Crippen LogP contribution in [0.2, 0.25) is 0 Å². The molecule has 4 aromatic rings. The zero-order valence-corrected chi connectivity index (χ0v) is 17.0. The molecule has 0 bridgehead atoms. The van der Waals surface area contributed by atoms with Crippen molar-refractivity contribution in [2.45, 2.75) is 16.7 Å². The van der Waals surface area contributed by atoms with Gasteiger partial charge in [0.15, 0.2) is 0 Å². The van der Waals surface area contributed by atoms with E-state index in [1.165, 1.54) is 5.56 Å². The first-order valence-electron chi connectivity index (χ1n) is 9.22. The summed E-state index contributed by atoms with van der Waals surface area (Å²) in [4.78, 5) is 18.4. The topological polar surface area (TPSA) is 70.7 Å². The molecule has 0 aliphatic rings. The summed E-state index contributed by atoms with van der Waals surface area (Å²) in [6.07, 6.45) is 5.73. The number of carbonyl (C=O) groups excluding carboxylic acids is 1. The molecule has 2 aromatic carbocycles. The van der Waals surface area contributed by atoms with Gasteiger partial charge in [-0.1, -0.05) is 23.9 Å². The molecular weight excluding hydrogens is 380 g/mol. The lowest BCUT2D eigenvalue weighted by Gasteiger charge is -2.08. The molecule has 29 heavy (non-hydrogen) atoms. The van der Waals surface area contributed by atoms with Gasteiger partial charge in [-0.2, -0.15) is 5.10 Å². The van der Waals surface area contributed by atoms with Gasteiger partial charge >= 0.3 is 0 Å². The number of fused-ring (bicyclic) bond motifs is 1. The molecule has 0 unspecified atom stereocenters. The minimum absolute atomic E-state index is 0.0899. The maximum Gasteiger partial charge on any atom is 0.252 e. The highest BCUT2D eigenvalue weighted by molar-refractivity contribution is 7.99. The highest BCUT2D eigenvalue weighted by Crippen LogP contribution is 2.32. The van der Waals surface area contributed by atoms with Gasteiger partial charge in [-0.05, 0) is 67.1 Å². The van der Waals surface area contributed by atoms with Crippen LogP contribution in [0, 0.1) is 6.92 Å². The Balaban J connectivity index is 1.60. The molecule has 2 aromatic heterocycles. The molecule has 6 heteroatoms. The number of aryl methyl sites for hydroxylation is 1. The maximum absolute atomic E-state index is 12.1. The fourth-order valence-electron chi connectivity index (χ4n) is 3.03. The predicted octanol–water partition coefficient (Wildman–Crippen LogP) is 4.95. The third kappa shape index (κ3) is 4.22. The molecule has 0 saturated heterocycles. The fraction of sp³-hybridized carbons (Fsp3) is 0.0870. The van der Waals surface area contributed by atoms with E-state index in [1.54, 1.807) is 25.0 Å². The minimum atomic E-state index is -0.0899. The van der Waals surface area contributed by atoms with Crippen molar-refractivity contribution < 1.29 is 4.79 Å². The lowest BCUT2D eigenvalue weighted by atomic mass is 10.2. The van der Waals surface area contributed by atoms with Crippen molar-refractivity contribution in [1.29, 1.82) is 0 Å². The van der Waals surface area contributed by atoms with E-state index in [1.807, 2.05) is 67.6 Å². The number of pyridine rings is 1. The summed E-state index contributed by atoms with van der Waals surface area (Å²) in [7, 11) is 1.64. The van der Waals surface area contributed by atoms with Crippen LogP contribution < -0.4 is 5.32 Å². The SMILES string of the molecule is CNC(=O)c1ccccc1Sc1ccc2c(C=Cc3cc(C)ccn3)n[nH]c2c1. The smallest absolute Gasteiger partial charge is 0.252 e. The second-order valence-electron chi connectivity index (χ2n) is 6.58. The van der Waals surface area contributed by atoms with E-state index in [9.17, 15) is 4.79 Å². The van der Waals surface area contributed by atoms with Crippen molar-refractivity contribution >= 4 is 40.7 Å². The molecule has 2 N–H and O–H groups in total. The lowest BCUT2D eigenvalue weighted by molar-refractivity contribution is 0.0960. The predicted molar refractivity (Wildman–Crippen MR) is 118 cm³/mol. The second-order valence-corrected chi connectivity index (χ2v) is 7.70. The first-order chi connectivity index (χ1) is 14.1. The first kappa shape index (κ1) is 19.0. The number of aromatic nitrogens is 3. The van der Waals surface area contributed by atoms with E-state index in [0.717, 1.165) is 32.1 Å². The number of hydrogen-bond donors (Lipinski definition) is 2. The van der Waals surface area contributed by atoms with Crippen LogP contribution in [0.3, 0.4) is 0 Å². The molecule has 0 aliphatic heterocycles. The number of nitrogens with zero attached hydrogens (tertiary/aromatic N) is 2. The quantitative estimate of drug-likeness (QED) is 0.497. The van der Waals surface area contributed by atoms with Gasteiger partial charge in [0, 0.05) is 28.4 Å². The van der Waals surface area contributed by atoms with Crippen LogP contribution in [0.4, 0.5) is 0 Å². The standard InChI is InChI=1S/C23H20N4OS/c1-15-11-12-25-16(13-15)7-10-20-18-9-8-17(14-21(18)27-26-20)29-22-6-4-3-5-19(22)23(28)24-2/h3-14H,1-2H3,(H,24,28)(H,26,27). The van der Waals surface area contributed by atoms with Crippen molar-refractivity contribution in [1.82, 2.24) is 20.5 Å². The average molecular weight is 401 g/mol. The number of aromatic amines is 1. The minimum Gasteiger partial charge on any atom is -0.355 e. The Labute approximate surface area is 173 Å². The van der Waals surface area contributed by atoms with Crippen LogP contribution in [-0.4, -0.2) is 28.1 Å². The maximum atomic E-state index is 12.1. The molecule has 4 rings (SSSR count). The molecule has 0 radical (unpaired) electrons. The average Bonchev–Trinajstić information content (AvgIpc) is 3.14. The van der Waals surface area contributed by atoms with Gasteiger partial charge in [0.2, 0.25) is 0 Å². The van der Waals surface area contributed by atoms with Gasteiger partial charge in [-0.3, -0.25) is 14.9 Å². The third-order valence-electron chi connectivity index (χ3n) is 4.50. The van der Waals surface area contributed by atoms with E-state index in [4.69, 9.17) is 0 Å². The Hall–Kier alpha value is -3.38. The Morgan fingerprint density at radius 2 is 1.97 bits per heavy atom. The van der Waals surface area contributed by atoms with Crippen LogP contribution in [0.5, 0.6) is 0 Å². The Bertz CT molecular complexity index is 1210. The number of nitrogens with one attached hydrogen (secondary N) is 2. The van der Waals surface area contributed by atoms with Crippen molar-refractivity contribution in [2.75, 3.05) is 7.05 Å². The van der Waals surface area contributed by atoms with Crippen molar-refractivity contribution in [3.63, 3.8) is 0 Å². The van der Waals surface area contributed by atoms with E-state index >= 15 is 0 Å². The second kappa shape index (κ2) is 8.32. The normalized spacial score (nSPS) is 11.2. The lowest BCUT2D eigenvalue weighted by Crippen LogP contribution is -2.18. The van der Waals surface area contributed by atoms with Crippen molar-refractivity contribution in [2.24, 2.45) is 0 Å². The number of H-pyrrole nitrogens is 1. The largest absolute Gasteiger partial charge is 0.355 e. The molecule has 144 valence electrons. The Morgan fingerprint density at radius 3 is 2.79 bits per heavy atom. The molecule has 1 amide bonds. The molecule has 0 spiro atoms. The van der Waals surface area contributed by atoms with Gasteiger partial charge in [-0.25, -0.2) is 0 Å². The number of rotatable bonds is 5. The molecule has 5 nitrogen and oxygen atoms in total. The first-order valence-corrected chi connectivity index (χ1v) is 10.0. The highest BCUT2D eigenvalue weighted by Gasteiger charge is 2.11. The Morgan fingerprint density at radius 1 is 1.10 bits per heavy atom. The van der Waals surface area contributed by atoms with Gasteiger partial charge in [0.25, 0.3) is 5.91 Å². The summed E-state index contributed by atoms with van der Waals surface area (Å²) in [5.74, 6) is -0.0899. The summed E-state index contributed by atoms with van der Waals surface area (Å²) >= 11 is 1.56. The monoisotopic (exact) mass is 400 g/mol. The van der Waals surface area contributed by atoms with Gasteiger partial charge in [0.1, 0.15) is 0 Å². The van der Waals surface area contributed by atoms with E-state index in [2.05, 4.69) is 26.6 Å². The number of carbonyl (C=O) groups is 1. The number of benzene rings is 2. The van der Waals surface area contributed by atoms with Crippen LogP contribution in [0.25, 0.3) is 23.1 Å². The highest BCUT2D eigenvalue weighted by atomic mass is 32.2. The summed E-state index contributed by atoms with van der Waals surface area (Å²) in [5.41, 5.74) is 4.55. The third-order valence-corrected chi connectivity index (χ3v) is 5.56. The van der Waals surface area contributed by atoms with Crippen molar-refractivity contribution in [3.05, 3.63) is 83.3 Å². The van der Waals surface area contributed by atoms with Crippen LogP contribution >= 0.6 is 11.8 Å². The van der Waals surface area contributed by atoms with E-state index < -0.39 is 0 Å². The number of hydrogen-bond acceptors (Lipinski definition) is 4. The van der Waals surface area contributed by atoms with E-state index in [-0.39, 0.29) is 5.91 Å². The molecule has 0 aliphatic carbocycles. The Kier molecular flexibility index (Phi) is 5.44. The zero-order chi connectivity index (χ0) is 20.2. The molecule has 2 heterocycles. The molecule has 0 saturated carbocycles. The fourth-order valence-corrected chi connectivity index (χ4v) is 4.01. The van der Waals surface area contributed by atoms with Crippen molar-refractivity contribution in [3.8, 4) is 0 Å². The zero-order valence-electron chi connectivity index (χ0n) is 16.1. The summed E-state index contributed by atoms with van der Waals surface area (Å²) in [5, 5.41) is 11.3. The summed E-state index contributed by atoms with van der Waals surface area (Å²) < 4.78 is 0. The summed E-state index contributed by atoms with van der Waals surface area (Å²) in [6, 6.07) is 17.7. The molecule has 0 atom stereocenters. The van der Waals surface area contributed by atoms with E-state index in [0.29, 0.717) is 5.56 Å².